The lowest BCUT2D eigenvalue weighted by molar-refractivity contribution is 0.0730. The maximum absolute atomic E-state index is 12.2. The molecule has 1 fully saturated rings. The Labute approximate surface area is 100 Å². The van der Waals surface area contributed by atoms with Gasteiger partial charge in [0.05, 0.1) is 0 Å². The van der Waals surface area contributed by atoms with Crippen molar-refractivity contribution in [3.8, 4) is 0 Å². The largest absolute Gasteiger partial charge is 0.333 e. The molecule has 2 heterocycles. The normalized spacial score (nSPS) is 25.1. The molecule has 5 heteroatoms. The lowest BCUT2D eigenvalue weighted by atomic mass is 10.1. The third-order valence-electron chi connectivity index (χ3n) is 3.23. The third kappa shape index (κ3) is 1.94. The summed E-state index contributed by atoms with van der Waals surface area (Å²) in [5, 5.41) is 4.13. The first-order chi connectivity index (χ1) is 7.63. The highest BCUT2D eigenvalue weighted by atomic mass is 35.5. The maximum Gasteiger partial charge on any atom is 0.274 e. The summed E-state index contributed by atoms with van der Waals surface area (Å²) in [5.74, 6) is 0.973. The van der Waals surface area contributed by atoms with Crippen LogP contribution in [0, 0.1) is 5.92 Å². The SMILES string of the molecule is CC1CCN(C(=O)c2ccn(C)n2)C1CCl. The molecule has 0 N–H and O–H groups in total. The van der Waals surface area contributed by atoms with E-state index in [2.05, 4.69) is 12.0 Å². The van der Waals surface area contributed by atoms with Gasteiger partial charge in [-0.3, -0.25) is 9.48 Å². The average Bonchev–Trinajstić information content (AvgIpc) is 2.83. The zero-order valence-corrected chi connectivity index (χ0v) is 10.3. The van der Waals surface area contributed by atoms with Crippen molar-refractivity contribution in [2.75, 3.05) is 12.4 Å². The van der Waals surface area contributed by atoms with E-state index in [1.165, 1.54) is 0 Å². The molecule has 2 unspecified atom stereocenters. The Bertz CT molecular complexity index is 390. The van der Waals surface area contributed by atoms with Crippen LogP contribution in [0.2, 0.25) is 0 Å². The Morgan fingerprint density at radius 1 is 1.69 bits per heavy atom. The van der Waals surface area contributed by atoms with Gasteiger partial charge in [0.25, 0.3) is 5.91 Å². The van der Waals surface area contributed by atoms with Gasteiger partial charge in [0.2, 0.25) is 0 Å². The second-order valence-corrected chi connectivity index (χ2v) is 4.67. The van der Waals surface area contributed by atoms with Crippen molar-refractivity contribution in [1.29, 1.82) is 0 Å². The van der Waals surface area contributed by atoms with Gasteiger partial charge in [0, 0.05) is 31.7 Å². The Balaban J connectivity index is 2.16. The van der Waals surface area contributed by atoms with Crippen molar-refractivity contribution in [1.82, 2.24) is 14.7 Å². The lowest BCUT2D eigenvalue weighted by Crippen LogP contribution is -2.38. The molecule has 0 saturated carbocycles. The smallest absolute Gasteiger partial charge is 0.274 e. The van der Waals surface area contributed by atoms with Crippen LogP contribution >= 0.6 is 11.6 Å². The molecule has 4 nitrogen and oxygen atoms in total. The van der Waals surface area contributed by atoms with Crippen LogP contribution in [0.3, 0.4) is 0 Å². The van der Waals surface area contributed by atoms with E-state index in [0.29, 0.717) is 17.5 Å². The van der Waals surface area contributed by atoms with Crippen molar-refractivity contribution in [3.63, 3.8) is 0 Å². The summed E-state index contributed by atoms with van der Waals surface area (Å²) in [4.78, 5) is 14.0. The fraction of sp³-hybridized carbons (Fsp3) is 0.636. The molecule has 0 bridgehead atoms. The van der Waals surface area contributed by atoms with Gasteiger partial charge in [-0.05, 0) is 18.4 Å². The topological polar surface area (TPSA) is 38.1 Å². The Morgan fingerprint density at radius 2 is 2.44 bits per heavy atom. The number of halogens is 1. The molecule has 88 valence electrons. The summed E-state index contributed by atoms with van der Waals surface area (Å²) in [6, 6.07) is 1.90. The number of hydrogen-bond acceptors (Lipinski definition) is 2. The van der Waals surface area contributed by atoms with Crippen molar-refractivity contribution >= 4 is 17.5 Å². The zero-order valence-electron chi connectivity index (χ0n) is 9.56. The summed E-state index contributed by atoms with van der Waals surface area (Å²) in [6.45, 7) is 2.92. The van der Waals surface area contributed by atoms with E-state index in [4.69, 9.17) is 11.6 Å². The summed E-state index contributed by atoms with van der Waals surface area (Å²) < 4.78 is 1.64. The number of alkyl halides is 1. The second kappa shape index (κ2) is 4.45. The summed E-state index contributed by atoms with van der Waals surface area (Å²) in [7, 11) is 1.81. The summed E-state index contributed by atoms with van der Waals surface area (Å²) in [6.07, 6.45) is 2.80. The minimum Gasteiger partial charge on any atom is -0.333 e. The van der Waals surface area contributed by atoms with Crippen LogP contribution in [0.25, 0.3) is 0 Å². The molecule has 1 aromatic heterocycles. The van der Waals surface area contributed by atoms with Gasteiger partial charge in [-0.15, -0.1) is 11.6 Å². The van der Waals surface area contributed by atoms with E-state index >= 15 is 0 Å². The minimum atomic E-state index is -0.00407. The van der Waals surface area contributed by atoms with Gasteiger partial charge in [-0.25, -0.2) is 0 Å². The van der Waals surface area contributed by atoms with Gasteiger partial charge in [0.1, 0.15) is 5.69 Å². The molecule has 0 aliphatic carbocycles. The van der Waals surface area contributed by atoms with Crippen LogP contribution in [0.4, 0.5) is 0 Å². The molecular weight excluding hydrogens is 226 g/mol. The highest BCUT2D eigenvalue weighted by molar-refractivity contribution is 6.18. The Morgan fingerprint density at radius 3 is 3.00 bits per heavy atom. The number of hydrogen-bond donors (Lipinski definition) is 0. The van der Waals surface area contributed by atoms with Crippen LogP contribution in [0.1, 0.15) is 23.8 Å². The monoisotopic (exact) mass is 241 g/mol. The predicted octanol–water partition coefficient (Wildman–Crippen LogP) is 1.51. The zero-order chi connectivity index (χ0) is 11.7. The first-order valence-electron chi connectivity index (χ1n) is 5.50. The lowest BCUT2D eigenvalue weighted by Gasteiger charge is -2.24. The van der Waals surface area contributed by atoms with E-state index in [1.807, 2.05) is 11.9 Å². The van der Waals surface area contributed by atoms with Crippen LogP contribution in [-0.4, -0.2) is 39.1 Å². The standard InChI is InChI=1S/C11H16ClN3O/c1-8-3-6-15(10(8)7-12)11(16)9-4-5-14(2)13-9/h4-5,8,10H,3,6-7H2,1-2H3. The van der Waals surface area contributed by atoms with Crippen molar-refractivity contribution in [2.24, 2.45) is 13.0 Å². The fourth-order valence-corrected chi connectivity index (χ4v) is 2.64. The predicted molar refractivity (Wildman–Crippen MR) is 62.5 cm³/mol. The van der Waals surface area contributed by atoms with Crippen molar-refractivity contribution in [2.45, 2.75) is 19.4 Å². The van der Waals surface area contributed by atoms with Gasteiger partial charge < -0.3 is 4.90 Å². The fourth-order valence-electron chi connectivity index (χ4n) is 2.17. The molecule has 1 amide bonds. The van der Waals surface area contributed by atoms with Crippen LogP contribution in [-0.2, 0) is 7.05 Å². The third-order valence-corrected chi connectivity index (χ3v) is 3.55. The number of carbonyl (C=O) groups excluding carboxylic acids is 1. The van der Waals surface area contributed by atoms with Gasteiger partial charge in [-0.2, -0.15) is 5.10 Å². The van der Waals surface area contributed by atoms with Crippen LogP contribution in [0.15, 0.2) is 12.3 Å². The molecule has 0 spiro atoms. The van der Waals surface area contributed by atoms with Gasteiger partial charge in [0.15, 0.2) is 0 Å². The quantitative estimate of drug-likeness (QED) is 0.737. The van der Waals surface area contributed by atoms with Crippen LogP contribution in [0.5, 0.6) is 0 Å². The number of carbonyl (C=O) groups is 1. The molecule has 0 radical (unpaired) electrons. The number of amides is 1. The molecular formula is C11H16ClN3O. The molecule has 0 aromatic carbocycles. The maximum atomic E-state index is 12.2. The van der Waals surface area contributed by atoms with E-state index in [1.54, 1.807) is 16.9 Å². The minimum absolute atomic E-state index is 0.00407. The number of nitrogens with zero attached hydrogens (tertiary/aromatic N) is 3. The molecule has 1 saturated heterocycles. The van der Waals surface area contributed by atoms with Gasteiger partial charge in [-0.1, -0.05) is 6.92 Å². The first-order valence-corrected chi connectivity index (χ1v) is 6.03. The molecule has 2 rings (SSSR count). The van der Waals surface area contributed by atoms with Crippen molar-refractivity contribution < 1.29 is 4.79 Å². The number of rotatable bonds is 2. The van der Waals surface area contributed by atoms with E-state index < -0.39 is 0 Å². The Kier molecular flexibility index (Phi) is 3.19. The number of aryl methyl sites for hydroxylation is 1. The summed E-state index contributed by atoms with van der Waals surface area (Å²) in [5.41, 5.74) is 0.506. The highest BCUT2D eigenvalue weighted by Gasteiger charge is 2.34. The van der Waals surface area contributed by atoms with E-state index in [-0.39, 0.29) is 11.9 Å². The number of aromatic nitrogens is 2. The molecule has 1 aromatic rings. The Hall–Kier alpha value is -1.03. The highest BCUT2D eigenvalue weighted by Crippen LogP contribution is 2.26. The molecule has 1 aliphatic rings. The molecule has 1 aliphatic heterocycles. The van der Waals surface area contributed by atoms with Gasteiger partial charge >= 0.3 is 0 Å². The molecule has 2 atom stereocenters. The summed E-state index contributed by atoms with van der Waals surface area (Å²) >= 11 is 5.91. The molecule has 16 heavy (non-hydrogen) atoms. The number of likely N-dealkylation sites (tertiary alicyclic amines) is 1. The van der Waals surface area contributed by atoms with Crippen LogP contribution < -0.4 is 0 Å². The van der Waals surface area contributed by atoms with Crippen molar-refractivity contribution in [3.05, 3.63) is 18.0 Å². The second-order valence-electron chi connectivity index (χ2n) is 4.36. The first kappa shape index (κ1) is 11.5. The average molecular weight is 242 g/mol. The van der Waals surface area contributed by atoms with E-state index in [9.17, 15) is 4.79 Å². The van der Waals surface area contributed by atoms with E-state index in [0.717, 1.165) is 13.0 Å².